The monoisotopic (exact) mass is 762 g/mol. The summed E-state index contributed by atoms with van der Waals surface area (Å²) in [6, 6.07) is 15.2. The van der Waals surface area contributed by atoms with Crippen LogP contribution in [0.15, 0.2) is 60.9 Å². The molecule has 8 atom stereocenters. The molecule has 2 aromatic heterocycles. The van der Waals surface area contributed by atoms with Gasteiger partial charge in [-0.15, -0.1) is 0 Å². The second-order valence-electron chi connectivity index (χ2n) is 16.4. The van der Waals surface area contributed by atoms with Crippen LogP contribution in [0, 0.1) is 23.7 Å². The van der Waals surface area contributed by atoms with Gasteiger partial charge in [-0.3, -0.25) is 9.59 Å². The first-order chi connectivity index (χ1) is 26.9. The Labute approximate surface area is 326 Å². The van der Waals surface area contributed by atoms with Crippen molar-refractivity contribution in [2.24, 2.45) is 23.7 Å². The summed E-state index contributed by atoms with van der Waals surface area (Å²) in [5.41, 5.74) is 5.85. The maximum absolute atomic E-state index is 13.8. The molecule has 4 N–H and O–H groups in total. The summed E-state index contributed by atoms with van der Waals surface area (Å²) in [7, 11) is 2.60. The maximum atomic E-state index is 13.8. The first kappa shape index (κ1) is 37.3. The molecular weight excluding hydrogens is 713 g/mol. The summed E-state index contributed by atoms with van der Waals surface area (Å²) in [5, 5.41) is 5.47. The number of imidazole rings is 2. The van der Waals surface area contributed by atoms with Crippen LogP contribution in [0.4, 0.5) is 9.59 Å². The van der Waals surface area contributed by atoms with Gasteiger partial charge in [0.1, 0.15) is 23.7 Å². The molecule has 4 aromatic rings. The van der Waals surface area contributed by atoms with E-state index in [4.69, 9.17) is 19.4 Å². The second kappa shape index (κ2) is 14.8. The minimum absolute atomic E-state index is 0.0971. The lowest BCUT2D eigenvalue weighted by Gasteiger charge is -2.31. The molecule has 2 aliphatic carbocycles. The standard InChI is InChI=1S/C42H50N8O6/c1-21(2)35(47-41(53)55-5)39(51)49-31-15-27(31)17-33(49)37-43-19-29(45-37)25-11-7-23(8-12-25)24-9-13-26(14-10-24)30-20-44-38(46-30)34-18-28-16-32(28)50(34)40(52)36(22(3)4)48-42(54)56-6/h7-14,19-22,27-28,31-36H,15-18H2,1-6H3,(H,43,45)(H,44,46)(H,47,53)(H,48,54)/t27-,28-,31-,32-,33+,34+,35+,36?/m1/s1. The van der Waals surface area contributed by atoms with Crippen molar-refractivity contribution in [2.45, 2.75) is 89.6 Å². The van der Waals surface area contributed by atoms with Crippen LogP contribution in [-0.2, 0) is 19.1 Å². The highest BCUT2D eigenvalue weighted by Crippen LogP contribution is 2.54. The van der Waals surface area contributed by atoms with Gasteiger partial charge in [0.05, 0.1) is 50.1 Å². The number of amides is 4. The molecule has 2 saturated carbocycles. The molecule has 0 bridgehead atoms. The van der Waals surface area contributed by atoms with E-state index < -0.39 is 24.3 Å². The van der Waals surface area contributed by atoms with E-state index in [-0.39, 0.29) is 47.8 Å². The molecule has 294 valence electrons. The number of H-pyrrole nitrogens is 2. The van der Waals surface area contributed by atoms with Crippen molar-refractivity contribution >= 4 is 24.0 Å². The molecule has 4 heterocycles. The van der Waals surface area contributed by atoms with Crippen LogP contribution in [0.25, 0.3) is 33.6 Å². The van der Waals surface area contributed by atoms with Gasteiger partial charge in [0.25, 0.3) is 0 Å². The highest BCUT2D eigenvalue weighted by molar-refractivity contribution is 5.88. The molecule has 0 radical (unpaired) electrons. The number of carbonyl (C=O) groups is 4. The Morgan fingerprint density at radius 1 is 0.607 bits per heavy atom. The van der Waals surface area contributed by atoms with Gasteiger partial charge in [0.2, 0.25) is 11.8 Å². The van der Waals surface area contributed by atoms with Crippen molar-refractivity contribution in [3.8, 4) is 33.6 Å². The first-order valence-electron chi connectivity index (χ1n) is 19.6. The van der Waals surface area contributed by atoms with Crippen molar-refractivity contribution in [1.82, 2.24) is 40.4 Å². The quantitative estimate of drug-likeness (QED) is 0.139. The molecule has 2 aliphatic heterocycles. The number of benzene rings is 2. The molecule has 4 aliphatic rings. The van der Waals surface area contributed by atoms with E-state index in [1.165, 1.54) is 14.2 Å². The van der Waals surface area contributed by atoms with Gasteiger partial charge in [0.15, 0.2) is 0 Å². The fourth-order valence-corrected chi connectivity index (χ4v) is 8.74. The largest absolute Gasteiger partial charge is 0.453 e. The van der Waals surface area contributed by atoms with Gasteiger partial charge < -0.3 is 39.9 Å². The van der Waals surface area contributed by atoms with E-state index >= 15 is 0 Å². The van der Waals surface area contributed by atoms with Crippen LogP contribution < -0.4 is 10.6 Å². The molecule has 1 unspecified atom stereocenters. The van der Waals surface area contributed by atoms with Crippen molar-refractivity contribution < 1.29 is 28.7 Å². The fourth-order valence-electron chi connectivity index (χ4n) is 8.74. The lowest BCUT2D eigenvalue weighted by molar-refractivity contribution is -0.137. The number of aromatic nitrogens is 4. The highest BCUT2D eigenvalue weighted by Gasteiger charge is 2.57. The van der Waals surface area contributed by atoms with Gasteiger partial charge in [-0.25, -0.2) is 19.6 Å². The zero-order chi connectivity index (χ0) is 39.4. The average Bonchev–Trinajstić information content (AvgIpc) is 3.79. The fraction of sp³-hybridized carbons (Fsp3) is 0.476. The van der Waals surface area contributed by atoms with Crippen molar-refractivity contribution in [2.75, 3.05) is 14.2 Å². The van der Waals surface area contributed by atoms with E-state index in [0.29, 0.717) is 11.8 Å². The number of nitrogens with one attached hydrogen (secondary N) is 4. The minimum Gasteiger partial charge on any atom is -0.453 e. The van der Waals surface area contributed by atoms with Crippen LogP contribution in [0.1, 0.15) is 77.1 Å². The number of fused-ring (bicyclic) bond motifs is 2. The zero-order valence-corrected chi connectivity index (χ0v) is 32.6. The third kappa shape index (κ3) is 7.01. The number of likely N-dealkylation sites (tertiary alicyclic amines) is 2. The lowest BCUT2D eigenvalue weighted by atomic mass is 10.0. The molecule has 14 nitrogen and oxygen atoms in total. The van der Waals surface area contributed by atoms with Gasteiger partial charge in [-0.05, 0) is 71.6 Å². The Bertz CT molecular complexity index is 1960. The van der Waals surface area contributed by atoms with Crippen LogP contribution in [0.3, 0.4) is 0 Å². The molecule has 4 amide bonds. The predicted octanol–water partition coefficient (Wildman–Crippen LogP) is 6.22. The summed E-state index contributed by atoms with van der Waals surface area (Å²) in [4.78, 5) is 71.9. The van der Waals surface area contributed by atoms with Crippen LogP contribution in [-0.4, -0.2) is 92.1 Å². The van der Waals surface area contributed by atoms with Crippen LogP contribution >= 0.6 is 0 Å². The molecular formula is C42H50N8O6. The van der Waals surface area contributed by atoms with E-state index in [1.807, 2.05) is 49.9 Å². The number of hydrogen-bond donors (Lipinski definition) is 4. The van der Waals surface area contributed by atoms with Crippen LogP contribution in [0.2, 0.25) is 0 Å². The SMILES string of the molecule is COC(=O)NC(C(=O)N1[C@@H]2C[C@@H]2C[C@H]1c1ncc(-c2ccc(-c3ccc(-c4cnc([C@@H]5C[C@H]6C[C@H]6N5C(=O)[C@@H](NC(=O)OC)C(C)C)[nH]4)cc3)cc2)[nH]1)C(C)C. The van der Waals surface area contributed by atoms with Gasteiger partial charge in [-0.2, -0.15) is 0 Å². The Morgan fingerprint density at radius 2 is 0.964 bits per heavy atom. The Morgan fingerprint density at radius 3 is 1.30 bits per heavy atom. The number of aromatic amines is 2. The third-order valence-electron chi connectivity index (χ3n) is 12.0. The lowest BCUT2D eigenvalue weighted by Crippen LogP contribution is -2.52. The molecule has 14 heteroatoms. The van der Waals surface area contributed by atoms with Gasteiger partial charge in [-0.1, -0.05) is 76.2 Å². The highest BCUT2D eigenvalue weighted by atomic mass is 16.5. The molecule has 0 spiro atoms. The summed E-state index contributed by atoms with van der Waals surface area (Å²) in [5.74, 6) is 2.01. The van der Waals surface area contributed by atoms with Gasteiger partial charge in [0, 0.05) is 12.1 Å². The zero-order valence-electron chi connectivity index (χ0n) is 32.6. The minimum atomic E-state index is -0.676. The average molecular weight is 763 g/mol. The number of alkyl carbamates (subject to hydrolysis) is 2. The first-order valence-corrected chi connectivity index (χ1v) is 19.6. The maximum Gasteiger partial charge on any atom is 0.407 e. The molecule has 56 heavy (non-hydrogen) atoms. The van der Waals surface area contributed by atoms with E-state index in [9.17, 15) is 19.2 Å². The smallest absolute Gasteiger partial charge is 0.407 e. The number of rotatable bonds is 11. The number of piperidine rings is 2. The molecule has 8 rings (SSSR count). The Kier molecular flexibility index (Phi) is 9.83. The number of carbonyl (C=O) groups excluding carboxylic acids is 4. The van der Waals surface area contributed by atoms with E-state index in [2.05, 4.69) is 69.1 Å². The number of nitrogens with zero attached hydrogens (tertiary/aromatic N) is 4. The number of ether oxygens (including phenoxy) is 2. The van der Waals surface area contributed by atoms with Crippen molar-refractivity contribution in [3.63, 3.8) is 0 Å². The normalized spacial score (nSPS) is 24.4. The molecule has 4 fully saturated rings. The second-order valence-corrected chi connectivity index (χ2v) is 16.4. The molecule has 2 aromatic carbocycles. The van der Waals surface area contributed by atoms with Crippen molar-refractivity contribution in [3.05, 3.63) is 72.6 Å². The number of hydrogen-bond acceptors (Lipinski definition) is 8. The Balaban J connectivity index is 0.931. The summed E-state index contributed by atoms with van der Waals surface area (Å²) in [6.07, 6.45) is 6.06. The molecule has 2 saturated heterocycles. The predicted molar refractivity (Wildman–Crippen MR) is 208 cm³/mol. The Hall–Kier alpha value is -5.66. The topological polar surface area (TPSA) is 175 Å². The summed E-state index contributed by atoms with van der Waals surface area (Å²) < 4.78 is 9.58. The number of methoxy groups -OCH3 is 2. The van der Waals surface area contributed by atoms with Crippen molar-refractivity contribution in [1.29, 1.82) is 0 Å². The van der Waals surface area contributed by atoms with Gasteiger partial charge >= 0.3 is 12.2 Å². The third-order valence-corrected chi connectivity index (χ3v) is 12.0. The van der Waals surface area contributed by atoms with E-state index in [0.717, 1.165) is 71.0 Å². The van der Waals surface area contributed by atoms with Crippen LogP contribution in [0.5, 0.6) is 0 Å². The summed E-state index contributed by atoms with van der Waals surface area (Å²) in [6.45, 7) is 7.67. The summed E-state index contributed by atoms with van der Waals surface area (Å²) >= 11 is 0. The van der Waals surface area contributed by atoms with E-state index in [1.54, 1.807) is 0 Å².